The van der Waals surface area contributed by atoms with Crippen LogP contribution in [0.25, 0.3) is 0 Å². The van der Waals surface area contributed by atoms with Crippen molar-refractivity contribution >= 4 is 27.5 Å². The number of hydrogen-bond acceptors (Lipinski definition) is 2. The van der Waals surface area contributed by atoms with Crippen molar-refractivity contribution < 1.29 is 14.6 Å². The molecule has 0 aromatic heterocycles. The Balaban J connectivity index is 3.10. The highest BCUT2D eigenvalue weighted by Crippen LogP contribution is 2.30. The summed E-state index contributed by atoms with van der Waals surface area (Å²) in [7, 11) is 0. The van der Waals surface area contributed by atoms with Crippen LogP contribution in [0.15, 0.2) is 12.1 Å². The highest BCUT2D eigenvalue weighted by molar-refractivity contribution is 9.09. The summed E-state index contributed by atoms with van der Waals surface area (Å²) in [6, 6.07) is 2.60. The first-order valence-corrected chi connectivity index (χ1v) is 5.85. The molecule has 15 heavy (non-hydrogen) atoms. The fourth-order valence-electron chi connectivity index (χ4n) is 1.20. The Hall–Kier alpha value is -0.160. The average Bonchev–Trinajstić information content (AvgIpc) is 2.24. The Morgan fingerprint density at radius 3 is 2.60 bits per heavy atom. The van der Waals surface area contributed by atoms with Crippen LogP contribution in [-0.4, -0.2) is 21.6 Å². The molecule has 1 aromatic rings. The number of rotatable bonds is 3. The van der Waals surface area contributed by atoms with Crippen molar-refractivity contribution in [1.29, 1.82) is 0 Å². The molecule has 2 unspecified atom stereocenters. The molecule has 0 aliphatic rings. The Labute approximate surface area is 101 Å². The topological polar surface area (TPSA) is 40.5 Å². The molecule has 0 saturated carbocycles. The summed E-state index contributed by atoms with van der Waals surface area (Å²) >= 11 is 8.91. The standard InChI is InChI=1S/C10H11BrClFO2/c1-5-7(13)3-2-6(9(5)12)10(15)8(14)4-11/h2-3,8,10,14-15H,4H2,1H3. The first-order chi connectivity index (χ1) is 6.99. The van der Waals surface area contributed by atoms with Crippen molar-refractivity contribution in [3.63, 3.8) is 0 Å². The zero-order valence-corrected chi connectivity index (χ0v) is 10.4. The lowest BCUT2D eigenvalue weighted by atomic mass is 10.0. The second-order valence-electron chi connectivity index (χ2n) is 3.24. The van der Waals surface area contributed by atoms with E-state index >= 15 is 0 Å². The third-order valence-corrected chi connectivity index (χ3v) is 3.36. The van der Waals surface area contributed by atoms with Crippen LogP contribution in [0, 0.1) is 12.7 Å². The van der Waals surface area contributed by atoms with E-state index in [0.29, 0.717) is 5.56 Å². The van der Waals surface area contributed by atoms with Crippen LogP contribution in [0.4, 0.5) is 4.39 Å². The molecule has 2 N–H and O–H groups in total. The maximum Gasteiger partial charge on any atom is 0.127 e. The van der Waals surface area contributed by atoms with Gasteiger partial charge in [-0.3, -0.25) is 0 Å². The van der Waals surface area contributed by atoms with Gasteiger partial charge in [-0.05, 0) is 13.0 Å². The van der Waals surface area contributed by atoms with Gasteiger partial charge in [0, 0.05) is 16.5 Å². The van der Waals surface area contributed by atoms with Crippen LogP contribution in [0.3, 0.4) is 0 Å². The summed E-state index contributed by atoms with van der Waals surface area (Å²) in [4.78, 5) is 0. The van der Waals surface area contributed by atoms with Gasteiger partial charge < -0.3 is 10.2 Å². The van der Waals surface area contributed by atoms with Crippen LogP contribution in [0.1, 0.15) is 17.2 Å². The number of benzene rings is 1. The second kappa shape index (κ2) is 5.25. The molecule has 0 aliphatic carbocycles. The number of aliphatic hydroxyl groups is 2. The molecule has 0 aliphatic heterocycles. The minimum Gasteiger partial charge on any atom is -0.389 e. The molecule has 2 nitrogen and oxygen atoms in total. The summed E-state index contributed by atoms with van der Waals surface area (Å²) in [6.07, 6.45) is -2.08. The summed E-state index contributed by atoms with van der Waals surface area (Å²) in [6.45, 7) is 1.52. The van der Waals surface area contributed by atoms with Crippen molar-refractivity contribution in [3.05, 3.63) is 34.1 Å². The molecule has 0 spiro atoms. The lowest BCUT2D eigenvalue weighted by Gasteiger charge is -2.18. The van der Waals surface area contributed by atoms with Crippen molar-refractivity contribution in [2.45, 2.75) is 19.1 Å². The molecule has 84 valence electrons. The maximum absolute atomic E-state index is 13.1. The van der Waals surface area contributed by atoms with Crippen LogP contribution in [0.2, 0.25) is 5.02 Å². The van der Waals surface area contributed by atoms with Crippen molar-refractivity contribution in [2.24, 2.45) is 0 Å². The molecule has 2 atom stereocenters. The van der Waals surface area contributed by atoms with Crippen LogP contribution < -0.4 is 0 Å². The van der Waals surface area contributed by atoms with Gasteiger partial charge >= 0.3 is 0 Å². The number of halogens is 3. The summed E-state index contributed by atoms with van der Waals surface area (Å²) in [5.74, 6) is -0.427. The molecule has 0 bridgehead atoms. The Morgan fingerprint density at radius 2 is 2.07 bits per heavy atom. The van der Waals surface area contributed by atoms with Gasteiger partial charge in [-0.25, -0.2) is 4.39 Å². The van der Waals surface area contributed by atoms with E-state index in [-0.39, 0.29) is 15.9 Å². The average molecular weight is 298 g/mol. The van der Waals surface area contributed by atoms with Gasteiger partial charge in [0.25, 0.3) is 0 Å². The van der Waals surface area contributed by atoms with Crippen molar-refractivity contribution in [3.8, 4) is 0 Å². The van der Waals surface area contributed by atoms with E-state index in [4.69, 9.17) is 11.6 Å². The number of alkyl halides is 1. The lowest BCUT2D eigenvalue weighted by molar-refractivity contribution is 0.0342. The molecule has 0 fully saturated rings. The lowest BCUT2D eigenvalue weighted by Crippen LogP contribution is -2.20. The zero-order valence-electron chi connectivity index (χ0n) is 8.04. The minimum absolute atomic E-state index is 0.155. The summed E-state index contributed by atoms with van der Waals surface area (Å²) in [5, 5.41) is 19.5. The molecular formula is C10H11BrClFO2. The third kappa shape index (κ3) is 2.69. The smallest absolute Gasteiger partial charge is 0.127 e. The molecule has 0 heterocycles. The van der Waals surface area contributed by atoms with Gasteiger partial charge in [-0.15, -0.1) is 0 Å². The van der Waals surface area contributed by atoms with E-state index in [1.807, 2.05) is 0 Å². The first kappa shape index (κ1) is 12.9. The van der Waals surface area contributed by atoms with Gasteiger partial charge in [0.05, 0.1) is 11.1 Å². The Kier molecular flexibility index (Phi) is 4.52. The molecule has 0 amide bonds. The minimum atomic E-state index is -1.11. The number of aliphatic hydroxyl groups excluding tert-OH is 2. The third-order valence-electron chi connectivity index (χ3n) is 2.19. The van der Waals surface area contributed by atoms with E-state index in [0.717, 1.165) is 0 Å². The molecular weight excluding hydrogens is 286 g/mol. The zero-order chi connectivity index (χ0) is 11.6. The van der Waals surface area contributed by atoms with E-state index < -0.39 is 18.0 Å². The second-order valence-corrected chi connectivity index (χ2v) is 4.27. The highest BCUT2D eigenvalue weighted by Gasteiger charge is 2.21. The summed E-state index contributed by atoms with van der Waals surface area (Å²) in [5.41, 5.74) is 0.609. The van der Waals surface area contributed by atoms with Crippen LogP contribution in [-0.2, 0) is 0 Å². The molecule has 0 radical (unpaired) electrons. The van der Waals surface area contributed by atoms with E-state index in [9.17, 15) is 14.6 Å². The quantitative estimate of drug-likeness (QED) is 0.842. The van der Waals surface area contributed by atoms with E-state index in [2.05, 4.69) is 15.9 Å². The Morgan fingerprint density at radius 1 is 1.47 bits per heavy atom. The monoisotopic (exact) mass is 296 g/mol. The fraction of sp³-hybridized carbons (Fsp3) is 0.400. The molecule has 1 aromatic carbocycles. The SMILES string of the molecule is Cc1c(F)ccc(C(O)C(O)CBr)c1Cl. The van der Waals surface area contributed by atoms with Gasteiger partial charge in [-0.1, -0.05) is 33.6 Å². The maximum atomic E-state index is 13.1. The van der Waals surface area contributed by atoms with Gasteiger partial charge in [0.15, 0.2) is 0 Å². The van der Waals surface area contributed by atoms with Crippen molar-refractivity contribution in [2.75, 3.05) is 5.33 Å². The van der Waals surface area contributed by atoms with E-state index in [1.54, 1.807) is 0 Å². The Bertz CT molecular complexity index is 360. The largest absolute Gasteiger partial charge is 0.389 e. The highest BCUT2D eigenvalue weighted by atomic mass is 79.9. The van der Waals surface area contributed by atoms with Crippen molar-refractivity contribution in [1.82, 2.24) is 0 Å². The summed E-state index contributed by atoms with van der Waals surface area (Å²) < 4.78 is 13.1. The van der Waals surface area contributed by atoms with E-state index in [1.165, 1.54) is 19.1 Å². The van der Waals surface area contributed by atoms with Gasteiger partial charge in [-0.2, -0.15) is 0 Å². The first-order valence-electron chi connectivity index (χ1n) is 4.35. The van der Waals surface area contributed by atoms with Gasteiger partial charge in [0.1, 0.15) is 11.9 Å². The van der Waals surface area contributed by atoms with Crippen LogP contribution >= 0.6 is 27.5 Å². The van der Waals surface area contributed by atoms with Gasteiger partial charge in [0.2, 0.25) is 0 Å². The molecule has 1 rings (SSSR count). The predicted octanol–water partition coefficient (Wildman–Crippen LogP) is 2.58. The molecule has 0 saturated heterocycles. The fourth-order valence-corrected chi connectivity index (χ4v) is 1.82. The predicted molar refractivity (Wildman–Crippen MR) is 60.9 cm³/mol. The van der Waals surface area contributed by atoms with Crippen LogP contribution in [0.5, 0.6) is 0 Å². The number of hydrogen-bond donors (Lipinski definition) is 2. The molecule has 5 heteroatoms. The normalized spacial score (nSPS) is 15.1.